The van der Waals surface area contributed by atoms with Crippen LogP contribution in [0.25, 0.3) is 0 Å². The van der Waals surface area contributed by atoms with Crippen molar-refractivity contribution in [2.45, 2.75) is 6.92 Å². The van der Waals surface area contributed by atoms with Crippen LogP contribution in [0.2, 0.25) is 10.0 Å². The van der Waals surface area contributed by atoms with Gasteiger partial charge in [-0.25, -0.2) is 4.39 Å². The molecule has 0 saturated carbocycles. The highest BCUT2D eigenvalue weighted by atomic mass is 35.5. The summed E-state index contributed by atoms with van der Waals surface area (Å²) in [4.78, 5) is 0.442. The standard InChI is InChI=1S/C8H5Cl2FS/c1-4(12)6-2-5(9)3-7(10)8(6)11/h2-3H,1H3. The molecule has 0 spiro atoms. The lowest BCUT2D eigenvalue weighted by Crippen LogP contribution is -1.96. The van der Waals surface area contributed by atoms with Crippen molar-refractivity contribution >= 4 is 40.3 Å². The molecular formula is C8H5Cl2FS. The van der Waals surface area contributed by atoms with Crippen LogP contribution in [0, 0.1) is 5.82 Å². The third kappa shape index (κ3) is 1.94. The molecule has 1 rings (SSSR count). The summed E-state index contributed by atoms with van der Waals surface area (Å²) >= 11 is 16.0. The maximum absolute atomic E-state index is 13.2. The highest BCUT2D eigenvalue weighted by Crippen LogP contribution is 2.24. The molecule has 0 heterocycles. The van der Waals surface area contributed by atoms with E-state index < -0.39 is 5.82 Å². The molecule has 12 heavy (non-hydrogen) atoms. The zero-order chi connectivity index (χ0) is 9.30. The first-order valence-corrected chi connectivity index (χ1v) is 4.34. The van der Waals surface area contributed by atoms with Crippen LogP contribution in [0.1, 0.15) is 12.5 Å². The van der Waals surface area contributed by atoms with E-state index in [0.29, 0.717) is 15.5 Å². The van der Waals surface area contributed by atoms with Gasteiger partial charge in [0, 0.05) is 15.5 Å². The summed E-state index contributed by atoms with van der Waals surface area (Å²) in [7, 11) is 0. The molecule has 64 valence electrons. The highest BCUT2D eigenvalue weighted by molar-refractivity contribution is 7.80. The van der Waals surface area contributed by atoms with E-state index in [1.54, 1.807) is 6.92 Å². The van der Waals surface area contributed by atoms with Gasteiger partial charge in [-0.3, -0.25) is 0 Å². The monoisotopic (exact) mass is 222 g/mol. The lowest BCUT2D eigenvalue weighted by atomic mass is 10.1. The average molecular weight is 223 g/mol. The molecule has 0 amide bonds. The van der Waals surface area contributed by atoms with Crippen molar-refractivity contribution in [3.63, 3.8) is 0 Å². The zero-order valence-corrected chi connectivity index (χ0v) is 8.53. The largest absolute Gasteiger partial charge is 0.205 e. The van der Waals surface area contributed by atoms with Crippen molar-refractivity contribution in [1.29, 1.82) is 0 Å². The van der Waals surface area contributed by atoms with Crippen molar-refractivity contribution in [3.8, 4) is 0 Å². The second-order valence-corrected chi connectivity index (χ2v) is 3.76. The van der Waals surface area contributed by atoms with Crippen molar-refractivity contribution in [3.05, 3.63) is 33.6 Å². The number of halogens is 3. The fourth-order valence-electron chi connectivity index (χ4n) is 0.812. The quantitative estimate of drug-likeness (QED) is 0.395. The summed E-state index contributed by atoms with van der Waals surface area (Å²) in [5, 5.41) is 0.391. The van der Waals surface area contributed by atoms with Crippen LogP contribution in [0.4, 0.5) is 4.39 Å². The van der Waals surface area contributed by atoms with Crippen LogP contribution >= 0.6 is 35.4 Å². The van der Waals surface area contributed by atoms with E-state index in [9.17, 15) is 4.39 Å². The van der Waals surface area contributed by atoms with E-state index in [2.05, 4.69) is 0 Å². The summed E-state index contributed by atoms with van der Waals surface area (Å²) in [5.74, 6) is -0.506. The van der Waals surface area contributed by atoms with Crippen molar-refractivity contribution in [2.75, 3.05) is 0 Å². The molecule has 0 radical (unpaired) electrons. The zero-order valence-electron chi connectivity index (χ0n) is 6.20. The van der Waals surface area contributed by atoms with Crippen LogP contribution in [-0.2, 0) is 0 Å². The molecule has 0 N–H and O–H groups in total. The number of hydrogen-bond donors (Lipinski definition) is 0. The van der Waals surface area contributed by atoms with Gasteiger partial charge in [0.1, 0.15) is 5.82 Å². The van der Waals surface area contributed by atoms with Gasteiger partial charge in [-0.1, -0.05) is 35.4 Å². The molecule has 0 aliphatic heterocycles. The smallest absolute Gasteiger partial charge is 0.150 e. The molecule has 0 aliphatic rings. The first-order valence-electron chi connectivity index (χ1n) is 3.18. The number of benzene rings is 1. The third-order valence-corrected chi connectivity index (χ3v) is 2.09. The fourth-order valence-corrected chi connectivity index (χ4v) is 1.45. The lowest BCUT2D eigenvalue weighted by Gasteiger charge is -2.02. The Labute approximate surface area is 85.3 Å². The van der Waals surface area contributed by atoms with Gasteiger partial charge in [0.05, 0.1) is 5.02 Å². The van der Waals surface area contributed by atoms with E-state index >= 15 is 0 Å². The normalized spacial score (nSPS) is 10.0. The minimum Gasteiger partial charge on any atom is -0.205 e. The Morgan fingerprint density at radius 3 is 2.50 bits per heavy atom. The minimum atomic E-state index is -0.506. The fraction of sp³-hybridized carbons (Fsp3) is 0.125. The van der Waals surface area contributed by atoms with E-state index in [4.69, 9.17) is 35.4 Å². The van der Waals surface area contributed by atoms with Crippen LogP contribution < -0.4 is 0 Å². The Balaban J connectivity index is 3.37. The predicted octanol–water partition coefficient (Wildman–Crippen LogP) is 3.87. The summed E-state index contributed by atoms with van der Waals surface area (Å²) in [6.45, 7) is 1.63. The summed E-state index contributed by atoms with van der Waals surface area (Å²) in [5.41, 5.74) is 0.294. The molecule has 1 aromatic rings. The van der Waals surface area contributed by atoms with Gasteiger partial charge in [-0.05, 0) is 19.1 Å². The summed E-state index contributed by atoms with van der Waals surface area (Å²) in [6.07, 6.45) is 0. The SMILES string of the molecule is CC(=S)c1cc(Cl)cc(Cl)c1F. The van der Waals surface area contributed by atoms with Gasteiger partial charge in [0.25, 0.3) is 0 Å². The second-order valence-electron chi connectivity index (χ2n) is 2.31. The summed E-state index contributed by atoms with van der Waals surface area (Å²) in [6, 6.07) is 2.81. The van der Waals surface area contributed by atoms with Gasteiger partial charge < -0.3 is 0 Å². The Hall–Kier alpha value is -0.180. The molecule has 4 heteroatoms. The summed E-state index contributed by atoms with van der Waals surface area (Å²) < 4.78 is 13.2. The van der Waals surface area contributed by atoms with Crippen LogP contribution in [0.3, 0.4) is 0 Å². The van der Waals surface area contributed by atoms with Crippen molar-refractivity contribution < 1.29 is 4.39 Å². The second kappa shape index (κ2) is 3.69. The average Bonchev–Trinajstić information content (AvgIpc) is 1.96. The van der Waals surface area contributed by atoms with Crippen molar-refractivity contribution in [1.82, 2.24) is 0 Å². The van der Waals surface area contributed by atoms with Gasteiger partial charge in [-0.15, -0.1) is 0 Å². The Bertz CT molecular complexity index is 336. The van der Waals surface area contributed by atoms with E-state index in [1.807, 2.05) is 0 Å². The van der Waals surface area contributed by atoms with Crippen LogP contribution in [0.15, 0.2) is 12.1 Å². The molecular weight excluding hydrogens is 218 g/mol. The van der Waals surface area contributed by atoms with Gasteiger partial charge in [0.2, 0.25) is 0 Å². The molecule has 0 saturated heterocycles. The first kappa shape index (κ1) is 9.90. The van der Waals surface area contributed by atoms with Crippen LogP contribution in [0.5, 0.6) is 0 Å². The number of rotatable bonds is 1. The topological polar surface area (TPSA) is 0 Å². The molecule has 1 aromatic carbocycles. The van der Waals surface area contributed by atoms with E-state index in [0.717, 1.165) is 0 Å². The lowest BCUT2D eigenvalue weighted by molar-refractivity contribution is 0.626. The maximum atomic E-state index is 13.2. The first-order chi connectivity index (χ1) is 5.52. The van der Waals surface area contributed by atoms with Gasteiger partial charge >= 0.3 is 0 Å². The Morgan fingerprint density at radius 2 is 2.00 bits per heavy atom. The Kier molecular flexibility index (Phi) is 3.04. The molecule has 0 atom stereocenters. The van der Waals surface area contributed by atoms with Gasteiger partial charge in [0.15, 0.2) is 0 Å². The molecule has 0 aromatic heterocycles. The third-order valence-electron chi connectivity index (χ3n) is 1.37. The van der Waals surface area contributed by atoms with E-state index in [-0.39, 0.29) is 5.02 Å². The maximum Gasteiger partial charge on any atom is 0.150 e. The number of thiocarbonyl (C=S) groups is 1. The highest BCUT2D eigenvalue weighted by Gasteiger charge is 2.09. The molecule has 0 unspecified atom stereocenters. The molecule has 0 aliphatic carbocycles. The molecule has 0 bridgehead atoms. The number of hydrogen-bond acceptors (Lipinski definition) is 1. The van der Waals surface area contributed by atoms with Crippen molar-refractivity contribution in [2.24, 2.45) is 0 Å². The minimum absolute atomic E-state index is 0.00157. The Morgan fingerprint density at radius 1 is 1.42 bits per heavy atom. The van der Waals surface area contributed by atoms with E-state index in [1.165, 1.54) is 12.1 Å². The van der Waals surface area contributed by atoms with Gasteiger partial charge in [-0.2, -0.15) is 0 Å². The van der Waals surface area contributed by atoms with Crippen LogP contribution in [-0.4, -0.2) is 4.86 Å². The predicted molar refractivity (Wildman–Crippen MR) is 53.8 cm³/mol. The molecule has 0 fully saturated rings. The molecule has 0 nitrogen and oxygen atoms in total.